The first-order valence-electron chi connectivity index (χ1n) is 11.9. The Hall–Kier alpha value is -3.14. The number of hydrogen-bond acceptors (Lipinski definition) is 7. The number of nitrogens with one attached hydrogen (secondary N) is 2. The number of urea groups is 1. The molecule has 1 saturated carbocycles. The molecule has 34 heavy (non-hydrogen) atoms. The van der Waals surface area contributed by atoms with Crippen molar-refractivity contribution in [3.05, 3.63) is 24.3 Å². The molecule has 2 saturated heterocycles. The molecule has 0 atom stereocenters. The number of nitrogens with zero attached hydrogens (tertiary/aromatic N) is 2. The lowest BCUT2D eigenvalue weighted by atomic mass is 9.75. The second-order valence-corrected chi connectivity index (χ2v) is 9.11. The Morgan fingerprint density at radius 3 is 2.47 bits per heavy atom. The topological polar surface area (TPSA) is 117 Å². The van der Waals surface area contributed by atoms with Crippen molar-refractivity contribution >= 4 is 35.2 Å². The highest BCUT2D eigenvalue weighted by molar-refractivity contribution is 6.08. The molecule has 2 aliphatic heterocycles. The molecule has 0 radical (unpaired) electrons. The van der Waals surface area contributed by atoms with Gasteiger partial charge >= 0.3 is 12.0 Å². The number of imide groups is 1. The van der Waals surface area contributed by atoms with Crippen molar-refractivity contribution in [1.29, 1.82) is 0 Å². The van der Waals surface area contributed by atoms with Gasteiger partial charge in [0.05, 0.1) is 13.2 Å². The van der Waals surface area contributed by atoms with Crippen LogP contribution in [0, 0.1) is 5.92 Å². The van der Waals surface area contributed by atoms with Crippen LogP contribution in [0.5, 0.6) is 0 Å². The van der Waals surface area contributed by atoms with Gasteiger partial charge in [0.2, 0.25) is 0 Å². The maximum absolute atomic E-state index is 12.9. The van der Waals surface area contributed by atoms with Gasteiger partial charge in [-0.05, 0) is 55.9 Å². The Balaban J connectivity index is 1.22. The zero-order valence-corrected chi connectivity index (χ0v) is 19.5. The van der Waals surface area contributed by atoms with Gasteiger partial charge in [0.25, 0.3) is 11.8 Å². The van der Waals surface area contributed by atoms with Crippen molar-refractivity contribution in [3.63, 3.8) is 0 Å². The highest BCUT2D eigenvalue weighted by Crippen LogP contribution is 2.37. The average molecular weight is 473 g/mol. The lowest BCUT2D eigenvalue weighted by Crippen LogP contribution is -2.49. The number of anilines is 2. The Labute approximate surface area is 198 Å². The number of ether oxygens (including phenoxy) is 2. The number of benzene rings is 1. The molecule has 3 aliphatic rings. The van der Waals surface area contributed by atoms with E-state index in [2.05, 4.69) is 22.5 Å². The molecule has 0 unspecified atom stereocenters. The molecular formula is C24H32N4O6. The van der Waals surface area contributed by atoms with Crippen molar-refractivity contribution < 1.29 is 28.7 Å². The fourth-order valence-electron chi connectivity index (χ4n) is 4.83. The number of morpholine rings is 1. The molecule has 1 aromatic rings. The van der Waals surface area contributed by atoms with E-state index in [0.717, 1.165) is 42.9 Å². The third kappa shape index (κ3) is 5.32. The van der Waals surface area contributed by atoms with Gasteiger partial charge in [-0.25, -0.2) is 4.79 Å². The Morgan fingerprint density at radius 2 is 1.82 bits per heavy atom. The Kier molecular flexibility index (Phi) is 7.35. The van der Waals surface area contributed by atoms with Crippen molar-refractivity contribution in [1.82, 2.24) is 10.2 Å². The number of carbonyl (C=O) groups is 4. The first kappa shape index (κ1) is 24.0. The van der Waals surface area contributed by atoms with Gasteiger partial charge in [-0.2, -0.15) is 0 Å². The van der Waals surface area contributed by atoms with E-state index >= 15 is 0 Å². The maximum atomic E-state index is 12.9. The van der Waals surface area contributed by atoms with E-state index in [1.54, 1.807) is 12.1 Å². The quantitative estimate of drug-likeness (QED) is 0.460. The zero-order valence-electron chi connectivity index (χ0n) is 19.5. The molecule has 10 heteroatoms. The van der Waals surface area contributed by atoms with Gasteiger partial charge in [0, 0.05) is 24.5 Å². The van der Waals surface area contributed by atoms with Crippen LogP contribution >= 0.6 is 0 Å². The number of rotatable bonds is 7. The predicted octanol–water partition coefficient (Wildman–Crippen LogP) is 1.90. The van der Waals surface area contributed by atoms with E-state index < -0.39 is 36.6 Å². The van der Waals surface area contributed by atoms with Crippen molar-refractivity contribution in [2.45, 2.75) is 44.6 Å². The van der Waals surface area contributed by atoms with Gasteiger partial charge in [-0.1, -0.05) is 13.3 Å². The van der Waals surface area contributed by atoms with Crippen LogP contribution in [0.25, 0.3) is 0 Å². The summed E-state index contributed by atoms with van der Waals surface area (Å²) < 4.78 is 10.4. The summed E-state index contributed by atoms with van der Waals surface area (Å²) in [6.07, 6.45) is 3.94. The number of esters is 1. The second kappa shape index (κ2) is 10.4. The molecule has 10 nitrogen and oxygen atoms in total. The summed E-state index contributed by atoms with van der Waals surface area (Å²) in [5, 5.41) is 5.46. The fraction of sp³-hybridized carbons (Fsp3) is 0.583. The summed E-state index contributed by atoms with van der Waals surface area (Å²) in [5.41, 5.74) is 0.715. The second-order valence-electron chi connectivity index (χ2n) is 9.11. The van der Waals surface area contributed by atoms with E-state index in [1.807, 2.05) is 12.1 Å². The van der Waals surface area contributed by atoms with Crippen LogP contribution in [-0.4, -0.2) is 73.7 Å². The minimum absolute atomic E-state index is 0.381. The van der Waals surface area contributed by atoms with Gasteiger partial charge in [-0.15, -0.1) is 0 Å². The smallest absolute Gasteiger partial charge is 0.326 e. The Bertz CT molecular complexity index is 920. The van der Waals surface area contributed by atoms with Crippen molar-refractivity contribution in [2.24, 2.45) is 5.92 Å². The molecule has 1 aromatic carbocycles. The average Bonchev–Trinajstić information content (AvgIpc) is 3.08. The van der Waals surface area contributed by atoms with Crippen LogP contribution in [0.15, 0.2) is 24.3 Å². The van der Waals surface area contributed by atoms with E-state index in [-0.39, 0.29) is 5.91 Å². The minimum atomic E-state index is -0.909. The molecule has 1 aliphatic carbocycles. The largest absolute Gasteiger partial charge is 0.454 e. The molecular weight excluding hydrogens is 440 g/mol. The molecule has 184 valence electrons. The fourth-order valence-corrected chi connectivity index (χ4v) is 4.83. The molecule has 4 rings (SSSR count). The first-order valence-corrected chi connectivity index (χ1v) is 11.9. The van der Waals surface area contributed by atoms with E-state index in [1.165, 1.54) is 0 Å². The standard InChI is InChI=1S/C24H32N4O6/c1-2-17-7-9-24(10-8-17)22(31)28(23(32)26-24)15-21(30)34-16-20(29)25-18-3-5-19(6-4-18)27-11-13-33-14-12-27/h3-6,17H,2,7-16H2,1H3,(H,25,29)(H,26,32). The molecule has 0 bridgehead atoms. The number of amides is 4. The summed E-state index contributed by atoms with van der Waals surface area (Å²) in [6.45, 7) is 4.13. The van der Waals surface area contributed by atoms with Gasteiger partial charge in [0.1, 0.15) is 12.1 Å². The third-order valence-corrected chi connectivity index (χ3v) is 6.96. The molecule has 0 aromatic heterocycles. The van der Waals surface area contributed by atoms with Gasteiger partial charge < -0.3 is 25.0 Å². The highest BCUT2D eigenvalue weighted by Gasteiger charge is 2.52. The van der Waals surface area contributed by atoms with Gasteiger partial charge in [-0.3, -0.25) is 19.3 Å². The molecule has 2 heterocycles. The van der Waals surface area contributed by atoms with Crippen LogP contribution < -0.4 is 15.5 Å². The third-order valence-electron chi connectivity index (χ3n) is 6.96. The van der Waals surface area contributed by atoms with Crippen LogP contribution in [0.3, 0.4) is 0 Å². The Morgan fingerprint density at radius 1 is 1.15 bits per heavy atom. The molecule has 1 spiro atoms. The van der Waals surface area contributed by atoms with E-state index in [9.17, 15) is 19.2 Å². The summed E-state index contributed by atoms with van der Waals surface area (Å²) in [7, 11) is 0. The summed E-state index contributed by atoms with van der Waals surface area (Å²) in [5.74, 6) is -1.13. The minimum Gasteiger partial charge on any atom is -0.454 e. The SMILES string of the molecule is CCC1CCC2(CC1)NC(=O)N(CC(=O)OCC(=O)Nc1ccc(N3CCOCC3)cc1)C2=O. The number of hydrogen-bond donors (Lipinski definition) is 2. The van der Waals surface area contributed by atoms with E-state index in [4.69, 9.17) is 9.47 Å². The maximum Gasteiger partial charge on any atom is 0.326 e. The zero-order chi connectivity index (χ0) is 24.1. The monoisotopic (exact) mass is 472 g/mol. The lowest BCUT2D eigenvalue weighted by Gasteiger charge is -2.34. The van der Waals surface area contributed by atoms with E-state index in [0.29, 0.717) is 37.7 Å². The van der Waals surface area contributed by atoms with Gasteiger partial charge in [0.15, 0.2) is 6.61 Å². The van der Waals surface area contributed by atoms with Crippen LogP contribution in [-0.2, 0) is 23.9 Å². The summed E-state index contributed by atoms with van der Waals surface area (Å²) in [6, 6.07) is 6.80. The summed E-state index contributed by atoms with van der Waals surface area (Å²) in [4.78, 5) is 52.8. The van der Waals surface area contributed by atoms with Crippen LogP contribution in [0.4, 0.5) is 16.2 Å². The molecule has 4 amide bonds. The first-order chi connectivity index (χ1) is 16.4. The number of carbonyl (C=O) groups excluding carboxylic acids is 4. The molecule has 3 fully saturated rings. The van der Waals surface area contributed by atoms with Crippen LogP contribution in [0.1, 0.15) is 39.0 Å². The summed E-state index contributed by atoms with van der Waals surface area (Å²) >= 11 is 0. The highest BCUT2D eigenvalue weighted by atomic mass is 16.5. The van der Waals surface area contributed by atoms with Crippen molar-refractivity contribution in [2.75, 3.05) is 49.7 Å². The van der Waals surface area contributed by atoms with Crippen molar-refractivity contribution in [3.8, 4) is 0 Å². The predicted molar refractivity (Wildman–Crippen MR) is 124 cm³/mol. The van der Waals surface area contributed by atoms with Crippen LogP contribution in [0.2, 0.25) is 0 Å². The lowest BCUT2D eigenvalue weighted by molar-refractivity contribution is -0.150. The normalized spacial score (nSPS) is 24.8. The molecule has 2 N–H and O–H groups in total.